The van der Waals surface area contributed by atoms with E-state index in [9.17, 15) is 18.3 Å². The zero-order chi connectivity index (χ0) is 16.6. The van der Waals surface area contributed by atoms with Gasteiger partial charge in [-0.3, -0.25) is 0 Å². The Labute approximate surface area is 131 Å². The quantitative estimate of drug-likeness (QED) is 0.429. The third kappa shape index (κ3) is 5.89. The van der Waals surface area contributed by atoms with E-state index in [2.05, 4.69) is 6.58 Å². The van der Waals surface area contributed by atoms with Gasteiger partial charge in [0.25, 0.3) is 0 Å². The number of benzene rings is 1. The number of phenols is 1. The summed E-state index contributed by atoms with van der Waals surface area (Å²) in [5.41, 5.74) is 0.546. The lowest BCUT2D eigenvalue weighted by molar-refractivity contribution is -0.137. The van der Waals surface area contributed by atoms with E-state index in [4.69, 9.17) is 4.74 Å². The largest absolute Gasteiger partial charge is 0.508 e. The van der Waals surface area contributed by atoms with Gasteiger partial charge in [-0.25, -0.2) is 13.2 Å². The smallest absolute Gasteiger partial charge is 0.330 e. The lowest BCUT2D eigenvalue weighted by Crippen LogP contribution is -2.07. The maximum atomic E-state index is 12.2. The fourth-order valence-corrected chi connectivity index (χ4v) is 3.37. The van der Waals surface area contributed by atoms with Crippen molar-refractivity contribution in [1.29, 1.82) is 0 Å². The number of aromatic hydroxyl groups is 1. The van der Waals surface area contributed by atoms with E-state index in [1.54, 1.807) is 6.92 Å². The molecular weight excluding hydrogens is 304 g/mol. The first-order valence-corrected chi connectivity index (χ1v) is 8.83. The van der Waals surface area contributed by atoms with Gasteiger partial charge in [0, 0.05) is 6.08 Å². The number of unbranched alkanes of at least 4 members (excludes halogenated alkanes) is 3. The van der Waals surface area contributed by atoms with Gasteiger partial charge in [-0.15, -0.1) is 0 Å². The lowest BCUT2D eigenvalue weighted by Gasteiger charge is -2.07. The summed E-state index contributed by atoms with van der Waals surface area (Å²) in [6.07, 6.45) is 3.93. The van der Waals surface area contributed by atoms with Gasteiger partial charge in [-0.2, -0.15) is 0 Å². The Morgan fingerprint density at radius 1 is 1.27 bits per heavy atom. The molecule has 0 bridgehead atoms. The van der Waals surface area contributed by atoms with Crippen LogP contribution in [0, 0.1) is 6.92 Å². The second-order valence-electron chi connectivity index (χ2n) is 5.05. The number of phenolic OH excluding ortho intramolecular Hbond substituents is 1. The molecule has 6 heteroatoms. The third-order valence-electron chi connectivity index (χ3n) is 3.25. The van der Waals surface area contributed by atoms with Crippen molar-refractivity contribution in [3.63, 3.8) is 0 Å². The summed E-state index contributed by atoms with van der Waals surface area (Å²) in [6.45, 7) is 5.29. The van der Waals surface area contributed by atoms with E-state index in [-0.39, 0.29) is 16.4 Å². The van der Waals surface area contributed by atoms with E-state index in [1.807, 2.05) is 0 Å². The molecule has 0 aliphatic rings. The van der Waals surface area contributed by atoms with Gasteiger partial charge in [-0.1, -0.05) is 19.4 Å². The monoisotopic (exact) mass is 326 g/mol. The molecule has 0 spiro atoms. The first kappa shape index (κ1) is 18.2. The van der Waals surface area contributed by atoms with Gasteiger partial charge in [0.05, 0.1) is 17.3 Å². The maximum absolute atomic E-state index is 12.2. The van der Waals surface area contributed by atoms with Gasteiger partial charge < -0.3 is 9.84 Å². The number of hydrogen-bond donors (Lipinski definition) is 1. The second-order valence-corrected chi connectivity index (χ2v) is 7.16. The van der Waals surface area contributed by atoms with Gasteiger partial charge in [0.2, 0.25) is 0 Å². The molecule has 1 N–H and O–H groups in total. The predicted molar refractivity (Wildman–Crippen MR) is 84.5 cm³/mol. The average molecular weight is 326 g/mol. The molecule has 0 aromatic heterocycles. The van der Waals surface area contributed by atoms with E-state index >= 15 is 0 Å². The summed E-state index contributed by atoms with van der Waals surface area (Å²) in [5, 5.41) is 9.43. The Hall–Kier alpha value is -1.82. The molecule has 0 fully saturated rings. The number of ether oxygens (including phenoxy) is 1. The Morgan fingerprint density at radius 3 is 2.59 bits per heavy atom. The highest BCUT2D eigenvalue weighted by Gasteiger charge is 2.14. The summed E-state index contributed by atoms with van der Waals surface area (Å²) in [7, 11) is -3.32. The van der Waals surface area contributed by atoms with Crippen molar-refractivity contribution in [1.82, 2.24) is 0 Å². The minimum Gasteiger partial charge on any atom is -0.508 e. The number of rotatable bonds is 9. The maximum Gasteiger partial charge on any atom is 0.330 e. The SMILES string of the molecule is C=CC(=O)OCCCCCCS(=O)(=O)c1ccc(O)c(C)c1. The summed E-state index contributed by atoms with van der Waals surface area (Å²) < 4.78 is 29.1. The molecule has 0 aliphatic carbocycles. The molecule has 5 nitrogen and oxygen atoms in total. The number of aryl methyl sites for hydroxylation is 1. The molecule has 22 heavy (non-hydrogen) atoms. The van der Waals surface area contributed by atoms with Crippen LogP contribution in [0.3, 0.4) is 0 Å². The Morgan fingerprint density at radius 2 is 1.95 bits per heavy atom. The molecule has 122 valence electrons. The molecular formula is C16H22O5S. The van der Waals surface area contributed by atoms with Crippen LogP contribution in [0.4, 0.5) is 0 Å². The Kier molecular flexibility index (Phi) is 7.11. The molecule has 0 saturated carbocycles. The number of hydrogen-bond acceptors (Lipinski definition) is 5. The van der Waals surface area contributed by atoms with Crippen LogP contribution >= 0.6 is 0 Å². The van der Waals surface area contributed by atoms with Crippen LogP contribution in [0.15, 0.2) is 35.7 Å². The first-order chi connectivity index (χ1) is 10.4. The van der Waals surface area contributed by atoms with E-state index < -0.39 is 15.8 Å². The fourth-order valence-electron chi connectivity index (χ4n) is 1.92. The van der Waals surface area contributed by atoms with Gasteiger partial charge in [0.15, 0.2) is 9.84 Å². The lowest BCUT2D eigenvalue weighted by atomic mass is 10.2. The molecule has 0 saturated heterocycles. The van der Waals surface area contributed by atoms with Crippen LogP contribution < -0.4 is 0 Å². The summed E-state index contributed by atoms with van der Waals surface area (Å²) in [4.78, 5) is 11.0. The normalized spacial score (nSPS) is 11.1. The first-order valence-electron chi connectivity index (χ1n) is 7.18. The highest BCUT2D eigenvalue weighted by molar-refractivity contribution is 7.91. The minimum absolute atomic E-state index is 0.0731. The summed E-state index contributed by atoms with van der Waals surface area (Å²) >= 11 is 0. The van der Waals surface area contributed by atoms with Crippen LogP contribution in [0.1, 0.15) is 31.2 Å². The van der Waals surface area contributed by atoms with Crippen molar-refractivity contribution < 1.29 is 23.1 Å². The number of carbonyl (C=O) groups excluding carboxylic acids is 1. The molecule has 0 radical (unpaired) electrons. The van der Waals surface area contributed by atoms with Crippen LogP contribution in [0.25, 0.3) is 0 Å². The number of esters is 1. The standard InChI is InChI=1S/C16H22O5S/c1-3-16(18)21-10-6-4-5-7-11-22(19,20)14-8-9-15(17)13(2)12-14/h3,8-9,12,17H,1,4-7,10-11H2,2H3. The van der Waals surface area contributed by atoms with Gasteiger partial charge in [0.1, 0.15) is 5.75 Å². The van der Waals surface area contributed by atoms with Crippen LogP contribution in [-0.2, 0) is 19.4 Å². The predicted octanol–water partition coefficient (Wildman–Crippen LogP) is 2.76. The van der Waals surface area contributed by atoms with E-state index in [0.29, 0.717) is 25.0 Å². The van der Waals surface area contributed by atoms with Gasteiger partial charge >= 0.3 is 5.97 Å². The molecule has 1 aromatic carbocycles. The Balaban J connectivity index is 2.33. The molecule has 0 unspecified atom stereocenters. The van der Waals surface area contributed by atoms with E-state index in [0.717, 1.165) is 18.9 Å². The molecule has 1 aromatic rings. The topological polar surface area (TPSA) is 80.7 Å². The van der Waals surface area contributed by atoms with Crippen molar-refractivity contribution >= 4 is 15.8 Å². The van der Waals surface area contributed by atoms with Crippen molar-refractivity contribution in [2.24, 2.45) is 0 Å². The van der Waals surface area contributed by atoms with Gasteiger partial charge in [-0.05, 0) is 43.5 Å². The summed E-state index contributed by atoms with van der Waals surface area (Å²) in [5.74, 6) is -0.276. The Bertz CT molecular complexity index is 619. The van der Waals surface area contributed by atoms with Crippen molar-refractivity contribution in [2.75, 3.05) is 12.4 Å². The van der Waals surface area contributed by atoms with Crippen LogP contribution in [-0.4, -0.2) is 31.9 Å². The van der Waals surface area contributed by atoms with Crippen LogP contribution in [0.2, 0.25) is 0 Å². The highest BCUT2D eigenvalue weighted by Crippen LogP contribution is 2.21. The number of carbonyl (C=O) groups is 1. The molecule has 1 rings (SSSR count). The highest BCUT2D eigenvalue weighted by atomic mass is 32.2. The zero-order valence-corrected chi connectivity index (χ0v) is 13.6. The average Bonchev–Trinajstić information content (AvgIpc) is 2.48. The summed E-state index contributed by atoms with van der Waals surface area (Å²) in [6, 6.07) is 4.31. The molecule has 0 amide bonds. The molecule has 0 heterocycles. The minimum atomic E-state index is -3.32. The fraction of sp³-hybridized carbons (Fsp3) is 0.438. The molecule has 0 atom stereocenters. The number of sulfone groups is 1. The van der Waals surface area contributed by atoms with Crippen molar-refractivity contribution in [3.05, 3.63) is 36.4 Å². The molecule has 0 aliphatic heterocycles. The van der Waals surface area contributed by atoms with Crippen molar-refractivity contribution in [3.8, 4) is 5.75 Å². The third-order valence-corrected chi connectivity index (χ3v) is 5.04. The van der Waals surface area contributed by atoms with Crippen molar-refractivity contribution in [2.45, 2.75) is 37.5 Å². The van der Waals surface area contributed by atoms with Crippen LogP contribution in [0.5, 0.6) is 5.75 Å². The zero-order valence-electron chi connectivity index (χ0n) is 12.7. The second kappa shape index (κ2) is 8.58. The van der Waals surface area contributed by atoms with E-state index in [1.165, 1.54) is 18.2 Å².